The summed E-state index contributed by atoms with van der Waals surface area (Å²) < 4.78 is 56.7. The van der Waals surface area contributed by atoms with Crippen LogP contribution in [0.5, 0.6) is 0 Å². The molecular weight excluding hydrogens is 236 g/mol. The van der Waals surface area contributed by atoms with E-state index in [2.05, 4.69) is 9.05 Å². The Morgan fingerprint density at radius 2 is 1.67 bits per heavy atom. The van der Waals surface area contributed by atoms with Gasteiger partial charge in [0.15, 0.2) is 6.10 Å². The van der Waals surface area contributed by atoms with Crippen LogP contribution in [0.1, 0.15) is 13.8 Å². The van der Waals surface area contributed by atoms with Crippen LogP contribution < -0.4 is 0 Å². The third-order valence-electron chi connectivity index (χ3n) is 1.43. The summed E-state index contributed by atoms with van der Waals surface area (Å²) in [5, 5.41) is 8.72. The molecule has 0 unspecified atom stereocenters. The van der Waals surface area contributed by atoms with Gasteiger partial charge in [-0.2, -0.15) is 13.2 Å². The molecule has 0 aromatic rings. The van der Waals surface area contributed by atoms with Crippen molar-refractivity contribution in [3.05, 3.63) is 0 Å². The van der Waals surface area contributed by atoms with Gasteiger partial charge in [0.1, 0.15) is 0 Å². The van der Waals surface area contributed by atoms with Crippen LogP contribution in [0.25, 0.3) is 0 Å². The molecule has 0 aromatic carbocycles. The van der Waals surface area contributed by atoms with Gasteiger partial charge < -0.3 is 14.2 Å². The van der Waals surface area contributed by atoms with E-state index in [0.717, 1.165) is 0 Å². The van der Waals surface area contributed by atoms with Crippen LogP contribution in [-0.4, -0.2) is 36.8 Å². The van der Waals surface area contributed by atoms with Gasteiger partial charge in [0.05, 0.1) is 19.4 Å². The molecular formula is C7H14F3O4P. The van der Waals surface area contributed by atoms with Crippen molar-refractivity contribution in [1.82, 2.24) is 0 Å². The third-order valence-corrected chi connectivity index (χ3v) is 3.52. The molecule has 92 valence electrons. The molecule has 0 bridgehead atoms. The van der Waals surface area contributed by atoms with Gasteiger partial charge in [-0.25, -0.2) is 0 Å². The molecule has 0 saturated heterocycles. The normalized spacial score (nSPS) is 15.3. The first-order chi connectivity index (χ1) is 6.75. The molecule has 0 amide bonds. The maximum atomic E-state index is 12.0. The lowest BCUT2D eigenvalue weighted by Crippen LogP contribution is -2.32. The van der Waals surface area contributed by atoms with Crippen molar-refractivity contribution in [3.8, 4) is 0 Å². The lowest BCUT2D eigenvalue weighted by atomic mass is 10.4. The maximum Gasteiger partial charge on any atom is 0.414 e. The Bertz CT molecular complexity index is 221. The van der Waals surface area contributed by atoms with Crippen molar-refractivity contribution in [2.45, 2.75) is 26.1 Å². The fourth-order valence-electron chi connectivity index (χ4n) is 0.851. The summed E-state index contributed by atoms with van der Waals surface area (Å²) >= 11 is 0. The summed E-state index contributed by atoms with van der Waals surface area (Å²) in [6.07, 6.45) is -8.58. The lowest BCUT2D eigenvalue weighted by Gasteiger charge is -2.21. The number of rotatable bonds is 6. The Labute approximate surface area is 85.9 Å². The van der Waals surface area contributed by atoms with Crippen molar-refractivity contribution in [2.24, 2.45) is 0 Å². The first-order valence-electron chi connectivity index (χ1n) is 4.38. The van der Waals surface area contributed by atoms with Crippen LogP contribution in [0.4, 0.5) is 13.2 Å². The van der Waals surface area contributed by atoms with Gasteiger partial charge in [0.25, 0.3) is 0 Å². The second-order valence-electron chi connectivity index (χ2n) is 2.69. The zero-order valence-electron chi connectivity index (χ0n) is 8.45. The van der Waals surface area contributed by atoms with E-state index >= 15 is 0 Å². The van der Waals surface area contributed by atoms with Gasteiger partial charge in [-0.15, -0.1) is 0 Å². The summed E-state index contributed by atoms with van der Waals surface area (Å²) in [4.78, 5) is 0. The molecule has 0 rings (SSSR count). The second-order valence-corrected chi connectivity index (χ2v) is 4.79. The molecule has 8 heteroatoms. The Morgan fingerprint density at radius 1 is 1.27 bits per heavy atom. The SMILES string of the molecule is CCOP(=O)(C[C@H](O)C(F)(F)F)OCC. The molecule has 0 heterocycles. The van der Waals surface area contributed by atoms with Crippen LogP contribution in [-0.2, 0) is 13.6 Å². The first kappa shape index (κ1) is 14.9. The van der Waals surface area contributed by atoms with E-state index in [1.165, 1.54) is 13.8 Å². The molecule has 1 atom stereocenters. The predicted molar refractivity (Wildman–Crippen MR) is 47.8 cm³/mol. The molecule has 0 fully saturated rings. The molecule has 0 aromatic heterocycles. The van der Waals surface area contributed by atoms with E-state index in [4.69, 9.17) is 5.11 Å². The van der Waals surface area contributed by atoms with Crippen LogP contribution >= 0.6 is 7.60 Å². The molecule has 0 aliphatic carbocycles. The monoisotopic (exact) mass is 250 g/mol. The highest BCUT2D eigenvalue weighted by molar-refractivity contribution is 7.53. The third kappa shape index (κ3) is 5.51. The topological polar surface area (TPSA) is 55.8 Å². The number of aliphatic hydroxyl groups excluding tert-OH is 1. The van der Waals surface area contributed by atoms with Gasteiger partial charge in [0, 0.05) is 0 Å². The minimum absolute atomic E-state index is 0.0398. The van der Waals surface area contributed by atoms with Crippen LogP contribution in [0.2, 0.25) is 0 Å². The van der Waals surface area contributed by atoms with Crippen LogP contribution in [0, 0.1) is 0 Å². The van der Waals surface area contributed by atoms with Crippen LogP contribution in [0.15, 0.2) is 0 Å². The Morgan fingerprint density at radius 3 is 1.93 bits per heavy atom. The van der Waals surface area contributed by atoms with Gasteiger partial charge in [0.2, 0.25) is 0 Å². The number of hydrogen-bond acceptors (Lipinski definition) is 4. The molecule has 0 radical (unpaired) electrons. The van der Waals surface area contributed by atoms with E-state index in [-0.39, 0.29) is 13.2 Å². The first-order valence-corrected chi connectivity index (χ1v) is 6.11. The standard InChI is InChI=1S/C7H14F3O4P/c1-3-13-15(12,14-4-2)5-6(11)7(8,9)10/h6,11H,3-5H2,1-2H3/t6-/m0/s1. The van der Waals surface area contributed by atoms with Crippen molar-refractivity contribution in [2.75, 3.05) is 19.4 Å². The molecule has 4 nitrogen and oxygen atoms in total. The van der Waals surface area contributed by atoms with Crippen molar-refractivity contribution in [3.63, 3.8) is 0 Å². The molecule has 0 saturated carbocycles. The summed E-state index contributed by atoms with van der Waals surface area (Å²) in [5.41, 5.74) is 0. The summed E-state index contributed by atoms with van der Waals surface area (Å²) in [5.74, 6) is 0. The average molecular weight is 250 g/mol. The smallest absolute Gasteiger partial charge is 0.383 e. The predicted octanol–water partition coefficient (Wildman–Crippen LogP) is 2.18. The number of alkyl halides is 3. The summed E-state index contributed by atoms with van der Waals surface area (Å²) in [7, 11) is -3.84. The van der Waals surface area contributed by atoms with Crippen molar-refractivity contribution >= 4 is 7.60 Å². The minimum Gasteiger partial charge on any atom is -0.383 e. The van der Waals surface area contributed by atoms with Crippen molar-refractivity contribution in [1.29, 1.82) is 0 Å². The average Bonchev–Trinajstić information content (AvgIpc) is 2.02. The van der Waals surface area contributed by atoms with Gasteiger partial charge in [-0.05, 0) is 13.8 Å². The Balaban J connectivity index is 4.48. The molecule has 0 aliphatic rings. The van der Waals surface area contributed by atoms with Crippen molar-refractivity contribution < 1.29 is 31.9 Å². The Hall–Kier alpha value is -0.100. The zero-order chi connectivity index (χ0) is 12.1. The largest absolute Gasteiger partial charge is 0.414 e. The lowest BCUT2D eigenvalue weighted by molar-refractivity contribution is -0.197. The fourth-order valence-corrected chi connectivity index (χ4v) is 2.55. The zero-order valence-corrected chi connectivity index (χ0v) is 9.35. The molecule has 15 heavy (non-hydrogen) atoms. The van der Waals surface area contributed by atoms with Gasteiger partial charge in [-0.3, -0.25) is 4.57 Å². The number of aliphatic hydroxyl groups is 1. The van der Waals surface area contributed by atoms with E-state index in [9.17, 15) is 17.7 Å². The van der Waals surface area contributed by atoms with Gasteiger partial charge >= 0.3 is 13.8 Å². The summed E-state index contributed by atoms with van der Waals surface area (Å²) in [6.45, 7) is 2.88. The van der Waals surface area contributed by atoms with Gasteiger partial charge in [-0.1, -0.05) is 0 Å². The highest BCUT2D eigenvalue weighted by atomic mass is 31.2. The van der Waals surface area contributed by atoms with E-state index in [1.807, 2.05) is 0 Å². The minimum atomic E-state index is -4.82. The highest BCUT2D eigenvalue weighted by Crippen LogP contribution is 2.49. The summed E-state index contributed by atoms with van der Waals surface area (Å²) in [6, 6.07) is 0. The molecule has 0 spiro atoms. The molecule has 0 aliphatic heterocycles. The van der Waals surface area contributed by atoms with E-state index in [1.54, 1.807) is 0 Å². The number of hydrogen-bond donors (Lipinski definition) is 1. The van der Waals surface area contributed by atoms with Crippen LogP contribution in [0.3, 0.4) is 0 Å². The number of halogens is 3. The molecule has 1 N–H and O–H groups in total. The van der Waals surface area contributed by atoms with E-state index in [0.29, 0.717) is 0 Å². The Kier molecular flexibility index (Phi) is 5.80. The quantitative estimate of drug-likeness (QED) is 0.734. The maximum absolute atomic E-state index is 12.0. The highest BCUT2D eigenvalue weighted by Gasteiger charge is 2.43. The fraction of sp³-hybridized carbons (Fsp3) is 1.00. The second kappa shape index (κ2) is 5.84. The van der Waals surface area contributed by atoms with E-state index < -0.39 is 26.0 Å².